The molecule has 98 valence electrons. The van der Waals surface area contributed by atoms with Crippen molar-refractivity contribution in [2.45, 2.75) is 26.2 Å². The summed E-state index contributed by atoms with van der Waals surface area (Å²) in [5.74, 6) is 0.819. The number of nitrogens with zero attached hydrogens (tertiary/aromatic N) is 4. The minimum Gasteiger partial charge on any atom is -0.312 e. The van der Waals surface area contributed by atoms with Crippen LogP contribution in [0.2, 0.25) is 0 Å². The van der Waals surface area contributed by atoms with E-state index in [4.69, 9.17) is 0 Å². The van der Waals surface area contributed by atoms with Gasteiger partial charge in [0.25, 0.3) is 0 Å². The van der Waals surface area contributed by atoms with Crippen LogP contribution in [0.25, 0.3) is 0 Å². The second-order valence-electron chi connectivity index (χ2n) is 4.78. The predicted octanol–water partition coefficient (Wildman–Crippen LogP) is 1.23. The lowest BCUT2D eigenvalue weighted by Crippen LogP contribution is -2.40. The molecule has 2 rings (SSSR count). The molecule has 0 saturated carbocycles. The summed E-state index contributed by atoms with van der Waals surface area (Å²) >= 11 is 0. The van der Waals surface area contributed by atoms with Crippen molar-refractivity contribution in [3.05, 3.63) is 18.2 Å². The quantitative estimate of drug-likeness (QED) is 0.807. The highest BCUT2D eigenvalue weighted by molar-refractivity contribution is 5.93. The van der Waals surface area contributed by atoms with Gasteiger partial charge in [-0.1, -0.05) is 6.42 Å². The van der Waals surface area contributed by atoms with E-state index in [-0.39, 0.29) is 5.91 Å². The number of carbonyl (C=O) groups is 1. The summed E-state index contributed by atoms with van der Waals surface area (Å²) in [7, 11) is 1.78. The van der Waals surface area contributed by atoms with Gasteiger partial charge in [0.2, 0.25) is 5.91 Å². The first-order valence-electron chi connectivity index (χ1n) is 6.44. The van der Waals surface area contributed by atoms with Crippen molar-refractivity contribution in [2.24, 2.45) is 0 Å². The van der Waals surface area contributed by atoms with E-state index in [1.54, 1.807) is 24.3 Å². The smallest absolute Gasteiger partial charge is 0.240 e. The molecule has 1 aromatic heterocycles. The van der Waals surface area contributed by atoms with E-state index in [0.717, 1.165) is 24.6 Å². The molecule has 0 unspecified atom stereocenters. The van der Waals surface area contributed by atoms with Crippen molar-refractivity contribution < 1.29 is 4.79 Å². The van der Waals surface area contributed by atoms with E-state index in [0.29, 0.717) is 6.54 Å². The fourth-order valence-electron chi connectivity index (χ4n) is 2.12. The van der Waals surface area contributed by atoms with E-state index in [1.807, 2.05) is 6.92 Å². The number of aryl methyl sites for hydroxylation is 1. The SMILES string of the molecule is Cc1ncc(N(C)C(=O)CN2CCCCC2)cn1. The number of carbonyl (C=O) groups excluding carboxylic acids is 1. The van der Waals surface area contributed by atoms with Crippen molar-refractivity contribution in [1.29, 1.82) is 0 Å². The highest BCUT2D eigenvalue weighted by Crippen LogP contribution is 2.12. The fraction of sp³-hybridized carbons (Fsp3) is 0.615. The number of anilines is 1. The molecule has 0 spiro atoms. The van der Waals surface area contributed by atoms with Crippen LogP contribution >= 0.6 is 0 Å². The van der Waals surface area contributed by atoms with Crippen LogP contribution in [0.15, 0.2) is 12.4 Å². The average Bonchev–Trinajstić information content (AvgIpc) is 2.40. The summed E-state index contributed by atoms with van der Waals surface area (Å²) in [4.78, 5) is 24.2. The van der Waals surface area contributed by atoms with Crippen molar-refractivity contribution in [3.8, 4) is 0 Å². The summed E-state index contributed by atoms with van der Waals surface area (Å²) in [5.41, 5.74) is 0.752. The van der Waals surface area contributed by atoms with E-state index in [9.17, 15) is 4.79 Å². The fourth-order valence-corrected chi connectivity index (χ4v) is 2.12. The van der Waals surface area contributed by atoms with Gasteiger partial charge in [-0.25, -0.2) is 9.97 Å². The molecule has 0 radical (unpaired) electrons. The standard InChI is InChI=1S/C13H20N4O/c1-11-14-8-12(9-15-11)16(2)13(18)10-17-6-4-3-5-7-17/h8-9H,3-7,10H2,1-2H3. The zero-order valence-electron chi connectivity index (χ0n) is 11.1. The molecule has 0 aliphatic carbocycles. The highest BCUT2D eigenvalue weighted by Gasteiger charge is 2.17. The second kappa shape index (κ2) is 5.91. The van der Waals surface area contributed by atoms with E-state index in [2.05, 4.69) is 14.9 Å². The number of rotatable bonds is 3. The first kappa shape index (κ1) is 13.0. The topological polar surface area (TPSA) is 49.3 Å². The van der Waals surface area contributed by atoms with Gasteiger partial charge < -0.3 is 4.90 Å². The van der Waals surface area contributed by atoms with Crippen LogP contribution in [-0.4, -0.2) is 47.5 Å². The molecule has 5 nitrogen and oxygen atoms in total. The summed E-state index contributed by atoms with van der Waals surface area (Å²) in [6.45, 7) is 4.39. The lowest BCUT2D eigenvalue weighted by molar-refractivity contribution is -0.119. The predicted molar refractivity (Wildman–Crippen MR) is 70.5 cm³/mol. The first-order chi connectivity index (χ1) is 8.66. The molecule has 18 heavy (non-hydrogen) atoms. The monoisotopic (exact) mass is 248 g/mol. The molecule has 0 aromatic carbocycles. The summed E-state index contributed by atoms with van der Waals surface area (Å²) in [6, 6.07) is 0. The largest absolute Gasteiger partial charge is 0.312 e. The summed E-state index contributed by atoms with van der Waals surface area (Å²) in [5, 5.41) is 0. The number of amides is 1. The van der Waals surface area contributed by atoms with Crippen LogP contribution in [0.1, 0.15) is 25.1 Å². The van der Waals surface area contributed by atoms with E-state index >= 15 is 0 Å². The molecule has 5 heteroatoms. The summed E-state index contributed by atoms with van der Waals surface area (Å²) in [6.07, 6.45) is 7.06. The molecular formula is C13H20N4O. The maximum Gasteiger partial charge on any atom is 0.240 e. The highest BCUT2D eigenvalue weighted by atomic mass is 16.2. The van der Waals surface area contributed by atoms with Crippen LogP contribution in [0.4, 0.5) is 5.69 Å². The third-order valence-electron chi connectivity index (χ3n) is 3.34. The Morgan fingerprint density at radius 1 is 1.28 bits per heavy atom. The maximum absolute atomic E-state index is 12.1. The van der Waals surface area contributed by atoms with Gasteiger partial charge in [0.15, 0.2) is 0 Å². The summed E-state index contributed by atoms with van der Waals surface area (Å²) < 4.78 is 0. The minimum absolute atomic E-state index is 0.101. The van der Waals surface area contributed by atoms with Crippen molar-refractivity contribution in [2.75, 3.05) is 31.6 Å². The Bertz CT molecular complexity index is 398. The van der Waals surface area contributed by atoms with Gasteiger partial charge in [-0.2, -0.15) is 0 Å². The van der Waals surface area contributed by atoms with Crippen molar-refractivity contribution in [3.63, 3.8) is 0 Å². The van der Waals surface area contributed by atoms with Gasteiger partial charge >= 0.3 is 0 Å². The number of hydrogen-bond donors (Lipinski definition) is 0. The molecule has 1 aliphatic heterocycles. The van der Waals surface area contributed by atoms with Crippen LogP contribution in [0.3, 0.4) is 0 Å². The lowest BCUT2D eigenvalue weighted by atomic mass is 10.1. The molecule has 0 atom stereocenters. The Balaban J connectivity index is 1.93. The molecule has 2 heterocycles. The van der Waals surface area contributed by atoms with Crippen LogP contribution in [0.5, 0.6) is 0 Å². The van der Waals surface area contributed by atoms with Gasteiger partial charge in [0.05, 0.1) is 24.6 Å². The van der Waals surface area contributed by atoms with E-state index < -0.39 is 0 Å². The maximum atomic E-state index is 12.1. The molecule has 0 N–H and O–H groups in total. The van der Waals surface area contributed by atoms with Gasteiger partial charge in [-0.3, -0.25) is 9.69 Å². The third kappa shape index (κ3) is 3.26. The Kier molecular flexibility index (Phi) is 4.25. The lowest BCUT2D eigenvalue weighted by Gasteiger charge is -2.27. The van der Waals surface area contributed by atoms with Gasteiger partial charge in [0.1, 0.15) is 5.82 Å². The zero-order chi connectivity index (χ0) is 13.0. The van der Waals surface area contributed by atoms with Gasteiger partial charge in [-0.15, -0.1) is 0 Å². The van der Waals surface area contributed by atoms with Crippen molar-refractivity contribution in [1.82, 2.24) is 14.9 Å². The van der Waals surface area contributed by atoms with Crippen LogP contribution < -0.4 is 4.90 Å². The number of likely N-dealkylation sites (tertiary alicyclic amines) is 1. The molecule has 1 saturated heterocycles. The van der Waals surface area contributed by atoms with Crippen molar-refractivity contribution >= 4 is 11.6 Å². The Morgan fingerprint density at radius 2 is 1.89 bits per heavy atom. The molecule has 1 aliphatic rings. The number of likely N-dealkylation sites (N-methyl/N-ethyl adjacent to an activating group) is 1. The number of hydrogen-bond acceptors (Lipinski definition) is 4. The first-order valence-corrected chi connectivity index (χ1v) is 6.44. The van der Waals surface area contributed by atoms with Gasteiger partial charge in [0, 0.05) is 7.05 Å². The number of aromatic nitrogens is 2. The van der Waals surface area contributed by atoms with Crippen LogP contribution in [0, 0.1) is 6.92 Å². The Morgan fingerprint density at radius 3 is 2.50 bits per heavy atom. The zero-order valence-corrected chi connectivity index (χ0v) is 11.1. The Labute approximate surface area is 108 Å². The normalized spacial score (nSPS) is 16.6. The Hall–Kier alpha value is -1.49. The molecule has 1 fully saturated rings. The second-order valence-corrected chi connectivity index (χ2v) is 4.78. The molecule has 1 aromatic rings. The minimum atomic E-state index is 0.101. The third-order valence-corrected chi connectivity index (χ3v) is 3.34. The molecule has 0 bridgehead atoms. The molecular weight excluding hydrogens is 228 g/mol. The number of piperidine rings is 1. The average molecular weight is 248 g/mol. The van der Waals surface area contributed by atoms with E-state index in [1.165, 1.54) is 19.3 Å². The molecule has 1 amide bonds. The van der Waals surface area contributed by atoms with Gasteiger partial charge in [-0.05, 0) is 32.9 Å². The van der Waals surface area contributed by atoms with Crippen LogP contribution in [-0.2, 0) is 4.79 Å².